The second kappa shape index (κ2) is 7.66. The Morgan fingerprint density at radius 3 is 2.61 bits per heavy atom. The molecule has 3 heterocycles. The van der Waals surface area contributed by atoms with Crippen LogP contribution in [0, 0.1) is 23.0 Å². The number of sulfonamides is 1. The highest BCUT2D eigenvalue weighted by atomic mass is 32.2. The minimum absolute atomic E-state index is 0.0451. The topological polar surface area (TPSA) is 109 Å². The summed E-state index contributed by atoms with van der Waals surface area (Å²) in [4.78, 5) is 7.50. The van der Waals surface area contributed by atoms with Gasteiger partial charge in [0.2, 0.25) is 5.88 Å². The van der Waals surface area contributed by atoms with E-state index in [1.165, 1.54) is 25.6 Å². The second-order valence-electron chi connectivity index (χ2n) is 6.36. The van der Waals surface area contributed by atoms with Crippen LogP contribution in [0.2, 0.25) is 0 Å². The Kier molecular flexibility index (Phi) is 5.00. The maximum absolute atomic E-state index is 14.0. The molecule has 0 amide bonds. The molecule has 4 rings (SSSR count). The van der Waals surface area contributed by atoms with Gasteiger partial charge in [-0.05, 0) is 30.3 Å². The molecule has 0 fully saturated rings. The lowest BCUT2D eigenvalue weighted by molar-refractivity contribution is 0.400. The van der Waals surface area contributed by atoms with Gasteiger partial charge < -0.3 is 4.74 Å². The van der Waals surface area contributed by atoms with Crippen LogP contribution in [0.15, 0.2) is 59.9 Å². The highest BCUT2D eigenvalue weighted by Crippen LogP contribution is 2.31. The quantitative estimate of drug-likeness (QED) is 0.509. The number of anilines is 1. The number of fused-ring (bicyclic) bond motifs is 1. The van der Waals surface area contributed by atoms with Crippen molar-refractivity contribution in [3.05, 3.63) is 72.3 Å². The van der Waals surface area contributed by atoms with Gasteiger partial charge in [0.15, 0.2) is 0 Å². The fourth-order valence-electron chi connectivity index (χ4n) is 2.97. The first-order valence-corrected chi connectivity index (χ1v) is 10.2. The minimum atomic E-state index is -4.40. The van der Waals surface area contributed by atoms with Crippen LogP contribution in [0.25, 0.3) is 16.8 Å². The van der Waals surface area contributed by atoms with Crippen molar-refractivity contribution < 1.29 is 21.9 Å². The maximum atomic E-state index is 14.0. The molecule has 3 aromatic heterocycles. The van der Waals surface area contributed by atoms with Gasteiger partial charge in [-0.2, -0.15) is 5.26 Å². The number of hydrogen-bond acceptors (Lipinski definition) is 6. The number of imidazole rings is 1. The molecule has 11 heteroatoms. The van der Waals surface area contributed by atoms with Crippen LogP contribution in [-0.2, 0) is 10.0 Å². The van der Waals surface area contributed by atoms with Gasteiger partial charge in [-0.15, -0.1) is 0 Å². The van der Waals surface area contributed by atoms with Gasteiger partial charge >= 0.3 is 0 Å². The van der Waals surface area contributed by atoms with Gasteiger partial charge in [-0.3, -0.25) is 9.12 Å². The van der Waals surface area contributed by atoms with Crippen LogP contribution in [-0.4, -0.2) is 29.9 Å². The van der Waals surface area contributed by atoms with E-state index >= 15 is 0 Å². The van der Waals surface area contributed by atoms with E-state index in [4.69, 9.17) is 4.74 Å². The summed E-state index contributed by atoms with van der Waals surface area (Å²) in [7, 11) is -3.10. The fraction of sp³-hybridized carbons (Fsp3) is 0.0500. The van der Waals surface area contributed by atoms with Crippen LogP contribution in [0.5, 0.6) is 5.88 Å². The summed E-state index contributed by atoms with van der Waals surface area (Å²) in [6, 6.07) is 9.05. The van der Waals surface area contributed by atoms with Crippen LogP contribution < -0.4 is 9.46 Å². The zero-order valence-corrected chi connectivity index (χ0v) is 16.7. The molecule has 0 radical (unpaired) electrons. The lowest BCUT2D eigenvalue weighted by atomic mass is 10.1. The van der Waals surface area contributed by atoms with Crippen molar-refractivity contribution in [1.82, 2.24) is 14.4 Å². The first-order valence-electron chi connectivity index (χ1n) is 8.72. The third-order valence-corrected chi connectivity index (χ3v) is 5.82. The Morgan fingerprint density at radius 2 is 1.90 bits per heavy atom. The molecule has 0 spiro atoms. The molecule has 0 saturated carbocycles. The van der Waals surface area contributed by atoms with Crippen LogP contribution >= 0.6 is 0 Å². The highest BCUT2D eigenvalue weighted by Gasteiger charge is 2.22. The van der Waals surface area contributed by atoms with Gasteiger partial charge in [0.05, 0.1) is 13.3 Å². The van der Waals surface area contributed by atoms with E-state index in [-0.39, 0.29) is 11.6 Å². The Bertz CT molecular complexity index is 1460. The molecule has 0 aliphatic rings. The zero-order chi connectivity index (χ0) is 22.2. The smallest absolute Gasteiger partial charge is 0.264 e. The molecule has 0 unspecified atom stereocenters. The molecular weight excluding hydrogens is 428 g/mol. The number of ether oxygens (including phenoxy) is 1. The van der Waals surface area contributed by atoms with Crippen molar-refractivity contribution in [2.24, 2.45) is 0 Å². The van der Waals surface area contributed by atoms with Crippen molar-refractivity contribution in [2.45, 2.75) is 4.90 Å². The fourth-order valence-corrected chi connectivity index (χ4v) is 4.08. The summed E-state index contributed by atoms with van der Waals surface area (Å²) in [5.41, 5.74) is 1.96. The van der Waals surface area contributed by atoms with E-state index in [2.05, 4.69) is 14.7 Å². The summed E-state index contributed by atoms with van der Waals surface area (Å²) < 4.78 is 61.4. The number of rotatable bonds is 5. The minimum Gasteiger partial charge on any atom is -0.480 e. The van der Waals surface area contributed by atoms with E-state index in [1.54, 1.807) is 22.7 Å². The van der Waals surface area contributed by atoms with Gasteiger partial charge in [0, 0.05) is 29.6 Å². The molecule has 4 aromatic rings. The number of hydrogen-bond donors (Lipinski definition) is 1. The summed E-state index contributed by atoms with van der Waals surface area (Å²) in [6.45, 7) is 0. The molecule has 0 aliphatic heterocycles. The summed E-state index contributed by atoms with van der Waals surface area (Å²) >= 11 is 0. The zero-order valence-electron chi connectivity index (χ0n) is 15.9. The number of pyridine rings is 2. The number of halogens is 2. The average Bonchev–Trinajstić information content (AvgIpc) is 3.15. The Morgan fingerprint density at radius 1 is 1.10 bits per heavy atom. The Balaban J connectivity index is 1.77. The predicted molar refractivity (Wildman–Crippen MR) is 107 cm³/mol. The summed E-state index contributed by atoms with van der Waals surface area (Å²) in [5.74, 6) is -2.18. The van der Waals surface area contributed by atoms with Gasteiger partial charge in [0.25, 0.3) is 10.0 Å². The first kappa shape index (κ1) is 20.2. The van der Waals surface area contributed by atoms with Crippen molar-refractivity contribution in [2.75, 3.05) is 11.8 Å². The molecule has 31 heavy (non-hydrogen) atoms. The highest BCUT2D eigenvalue weighted by molar-refractivity contribution is 7.92. The molecule has 0 saturated heterocycles. The van der Waals surface area contributed by atoms with E-state index in [0.29, 0.717) is 28.5 Å². The second-order valence-corrected chi connectivity index (χ2v) is 8.01. The van der Waals surface area contributed by atoms with Gasteiger partial charge in [-0.1, -0.05) is 0 Å². The first-order chi connectivity index (χ1) is 14.8. The number of nitrogens with zero attached hydrogens (tertiary/aromatic N) is 4. The molecule has 1 N–H and O–H groups in total. The third-order valence-electron chi connectivity index (χ3n) is 4.43. The van der Waals surface area contributed by atoms with Crippen molar-refractivity contribution in [3.8, 4) is 23.1 Å². The lowest BCUT2D eigenvalue weighted by Crippen LogP contribution is -2.15. The lowest BCUT2D eigenvalue weighted by Gasteiger charge is -2.13. The Labute approximate surface area is 175 Å². The van der Waals surface area contributed by atoms with Gasteiger partial charge in [-0.25, -0.2) is 27.2 Å². The van der Waals surface area contributed by atoms with E-state index < -0.39 is 26.6 Å². The molecule has 0 bridgehead atoms. The van der Waals surface area contributed by atoms with E-state index in [0.717, 1.165) is 12.1 Å². The summed E-state index contributed by atoms with van der Waals surface area (Å²) in [6.07, 6.45) is 4.55. The van der Waals surface area contributed by atoms with Crippen LogP contribution in [0.4, 0.5) is 14.5 Å². The summed E-state index contributed by atoms with van der Waals surface area (Å²) in [5, 5.41) is 9.20. The van der Waals surface area contributed by atoms with E-state index in [9.17, 15) is 22.5 Å². The number of benzene rings is 1. The molecule has 0 atom stereocenters. The van der Waals surface area contributed by atoms with Crippen LogP contribution in [0.1, 0.15) is 5.69 Å². The monoisotopic (exact) mass is 441 g/mol. The molecule has 1 aromatic carbocycles. The van der Waals surface area contributed by atoms with Crippen molar-refractivity contribution in [1.29, 1.82) is 5.26 Å². The standard InChI is InChI=1S/C20H13F2N5O3S/c1-30-20-17(26-31(28,29)18-4-3-14(21)7-16(18)22)6-13(9-25-20)12-2-5-19-24-10-15(8-23)27(19)11-12/h2-7,9-11,26H,1H3. The Hall–Kier alpha value is -4.04. The number of methoxy groups -OCH3 is 1. The number of aromatic nitrogens is 3. The van der Waals surface area contributed by atoms with Crippen molar-refractivity contribution in [3.63, 3.8) is 0 Å². The SMILES string of the molecule is COc1ncc(-c2ccc3ncc(C#N)n3c2)cc1NS(=O)(=O)c1ccc(F)cc1F. The third kappa shape index (κ3) is 3.76. The molecule has 0 aliphatic carbocycles. The normalized spacial score (nSPS) is 11.3. The van der Waals surface area contributed by atoms with Crippen LogP contribution in [0.3, 0.4) is 0 Å². The van der Waals surface area contributed by atoms with Gasteiger partial charge in [0.1, 0.15) is 39.6 Å². The number of nitriles is 1. The predicted octanol–water partition coefficient (Wildman–Crippen LogP) is 3.36. The largest absolute Gasteiger partial charge is 0.480 e. The molecule has 156 valence electrons. The average molecular weight is 441 g/mol. The number of nitrogens with one attached hydrogen (secondary N) is 1. The maximum Gasteiger partial charge on any atom is 0.264 e. The molecular formula is C20H13F2N5O3S. The van der Waals surface area contributed by atoms with Crippen molar-refractivity contribution >= 4 is 21.4 Å². The van der Waals surface area contributed by atoms with E-state index in [1.807, 2.05) is 6.07 Å². The molecule has 8 nitrogen and oxygen atoms in total.